The van der Waals surface area contributed by atoms with Gasteiger partial charge in [0.05, 0.1) is 0 Å². The summed E-state index contributed by atoms with van der Waals surface area (Å²) in [5, 5.41) is 2.38. The number of carbonyl (C=O) groups is 2. The third kappa shape index (κ3) is 4.78. The van der Waals surface area contributed by atoms with Crippen molar-refractivity contribution in [2.45, 2.75) is 13.5 Å². The molecule has 1 N–H and O–H groups in total. The van der Waals surface area contributed by atoms with Crippen LogP contribution in [0.2, 0.25) is 0 Å². The van der Waals surface area contributed by atoms with Crippen molar-refractivity contribution < 1.29 is 23.1 Å². The van der Waals surface area contributed by atoms with Gasteiger partial charge in [0.2, 0.25) is 5.89 Å². The van der Waals surface area contributed by atoms with Crippen molar-refractivity contribution in [1.29, 1.82) is 0 Å². The van der Waals surface area contributed by atoms with Gasteiger partial charge >= 0.3 is 5.97 Å². The summed E-state index contributed by atoms with van der Waals surface area (Å²) >= 11 is 0. The van der Waals surface area contributed by atoms with Gasteiger partial charge in [-0.05, 0) is 37.3 Å². The summed E-state index contributed by atoms with van der Waals surface area (Å²) in [6, 6.07) is 14.5. The second kappa shape index (κ2) is 8.27. The lowest BCUT2D eigenvalue weighted by molar-refractivity contribution is -0.143. The lowest BCUT2D eigenvalue weighted by atomic mass is 10.2. The topological polar surface area (TPSA) is 81.4 Å². The Morgan fingerprint density at radius 3 is 2.67 bits per heavy atom. The fraction of sp³-hybridized carbons (Fsp3) is 0.150. The van der Waals surface area contributed by atoms with E-state index in [1.807, 2.05) is 30.3 Å². The minimum absolute atomic E-state index is 0.0726. The number of ether oxygens (including phenoxy) is 1. The minimum Gasteiger partial charge on any atom is -0.458 e. The molecule has 0 saturated carbocycles. The number of nitrogens with zero attached hydrogens (tertiary/aromatic N) is 1. The summed E-state index contributed by atoms with van der Waals surface area (Å²) in [6.07, 6.45) is 0. The molecule has 0 atom stereocenters. The molecule has 3 rings (SSSR count). The number of aromatic nitrogens is 1. The molecule has 0 unspecified atom stereocenters. The third-order valence-corrected chi connectivity index (χ3v) is 3.76. The fourth-order valence-electron chi connectivity index (χ4n) is 2.35. The van der Waals surface area contributed by atoms with Crippen LogP contribution in [0.3, 0.4) is 0 Å². The van der Waals surface area contributed by atoms with Gasteiger partial charge in [-0.15, -0.1) is 0 Å². The molecule has 7 heteroatoms. The quantitative estimate of drug-likeness (QED) is 0.676. The summed E-state index contributed by atoms with van der Waals surface area (Å²) in [7, 11) is 0. The summed E-state index contributed by atoms with van der Waals surface area (Å²) in [4.78, 5) is 28.0. The van der Waals surface area contributed by atoms with Crippen LogP contribution < -0.4 is 5.32 Å². The molecule has 0 spiro atoms. The van der Waals surface area contributed by atoms with E-state index in [4.69, 9.17) is 9.15 Å². The first kappa shape index (κ1) is 18.3. The molecule has 6 nitrogen and oxygen atoms in total. The number of carbonyl (C=O) groups excluding carboxylic acids is 2. The van der Waals surface area contributed by atoms with Gasteiger partial charge in [0.1, 0.15) is 30.4 Å². The van der Waals surface area contributed by atoms with Crippen molar-refractivity contribution in [3.05, 3.63) is 77.4 Å². The van der Waals surface area contributed by atoms with Gasteiger partial charge in [-0.1, -0.05) is 24.3 Å². The van der Waals surface area contributed by atoms with Gasteiger partial charge in [0.15, 0.2) is 0 Å². The molecule has 3 aromatic rings. The first-order chi connectivity index (χ1) is 13.0. The predicted molar refractivity (Wildman–Crippen MR) is 95.2 cm³/mol. The van der Waals surface area contributed by atoms with Gasteiger partial charge in [0.25, 0.3) is 5.91 Å². The normalized spacial score (nSPS) is 10.4. The van der Waals surface area contributed by atoms with Crippen LogP contribution in [0, 0.1) is 12.7 Å². The molecule has 1 aromatic heterocycles. The molecule has 1 amide bonds. The highest BCUT2D eigenvalue weighted by Gasteiger charge is 2.14. The molecule has 0 aliphatic carbocycles. The molecule has 138 valence electrons. The summed E-state index contributed by atoms with van der Waals surface area (Å²) in [6.45, 7) is 1.32. The van der Waals surface area contributed by atoms with E-state index in [1.165, 1.54) is 18.2 Å². The number of benzene rings is 2. The number of oxazole rings is 1. The highest BCUT2D eigenvalue weighted by molar-refractivity contribution is 5.95. The average molecular weight is 368 g/mol. The Morgan fingerprint density at radius 2 is 1.93 bits per heavy atom. The van der Waals surface area contributed by atoms with Crippen LogP contribution in [-0.2, 0) is 16.1 Å². The van der Waals surface area contributed by atoms with E-state index < -0.39 is 17.7 Å². The number of aryl methyl sites for hydroxylation is 1. The number of esters is 1. The van der Waals surface area contributed by atoms with Crippen LogP contribution in [0.4, 0.5) is 4.39 Å². The van der Waals surface area contributed by atoms with E-state index in [1.54, 1.807) is 6.92 Å². The third-order valence-electron chi connectivity index (χ3n) is 3.76. The Bertz CT molecular complexity index is 954. The van der Waals surface area contributed by atoms with Gasteiger partial charge in [-0.2, -0.15) is 0 Å². The summed E-state index contributed by atoms with van der Waals surface area (Å²) < 4.78 is 23.8. The first-order valence-electron chi connectivity index (χ1n) is 8.24. The number of nitrogens with one attached hydrogen (secondary N) is 1. The first-order valence-corrected chi connectivity index (χ1v) is 8.24. The number of amides is 1. The maximum absolute atomic E-state index is 13.1. The van der Waals surface area contributed by atoms with Crippen LogP contribution in [0.15, 0.2) is 59.0 Å². The van der Waals surface area contributed by atoms with E-state index in [-0.39, 0.29) is 18.7 Å². The monoisotopic (exact) mass is 368 g/mol. The molecule has 1 heterocycles. The maximum atomic E-state index is 13.1. The van der Waals surface area contributed by atoms with E-state index in [0.29, 0.717) is 17.3 Å². The largest absolute Gasteiger partial charge is 0.458 e. The lowest BCUT2D eigenvalue weighted by Gasteiger charge is -2.06. The highest BCUT2D eigenvalue weighted by atomic mass is 19.1. The molecule has 0 aliphatic rings. The van der Waals surface area contributed by atoms with Gasteiger partial charge in [-0.3, -0.25) is 9.59 Å². The van der Waals surface area contributed by atoms with Gasteiger partial charge in [0, 0.05) is 11.1 Å². The van der Waals surface area contributed by atoms with E-state index in [9.17, 15) is 14.0 Å². The molecule has 0 bridgehead atoms. The molecule has 0 aliphatic heterocycles. The number of hydrogen-bond acceptors (Lipinski definition) is 5. The maximum Gasteiger partial charge on any atom is 0.325 e. The molecule has 27 heavy (non-hydrogen) atoms. The van der Waals surface area contributed by atoms with Gasteiger partial charge in [-0.25, -0.2) is 9.37 Å². The molecule has 0 saturated heterocycles. The van der Waals surface area contributed by atoms with Crippen molar-refractivity contribution in [1.82, 2.24) is 10.3 Å². The van der Waals surface area contributed by atoms with Crippen LogP contribution in [0.25, 0.3) is 11.5 Å². The van der Waals surface area contributed by atoms with Crippen molar-refractivity contribution in [2.75, 3.05) is 6.54 Å². The summed E-state index contributed by atoms with van der Waals surface area (Å²) in [5.41, 5.74) is 1.45. The highest BCUT2D eigenvalue weighted by Crippen LogP contribution is 2.21. The van der Waals surface area contributed by atoms with E-state index >= 15 is 0 Å². The Balaban J connectivity index is 1.52. The Hall–Kier alpha value is -3.48. The summed E-state index contributed by atoms with van der Waals surface area (Å²) in [5.74, 6) is -0.733. The minimum atomic E-state index is -0.636. The zero-order valence-corrected chi connectivity index (χ0v) is 14.6. The Kier molecular flexibility index (Phi) is 5.61. The Morgan fingerprint density at radius 1 is 1.15 bits per heavy atom. The lowest BCUT2D eigenvalue weighted by Crippen LogP contribution is -2.30. The second-order valence-corrected chi connectivity index (χ2v) is 5.74. The molecule has 2 aromatic carbocycles. The zero-order chi connectivity index (χ0) is 19.2. The molecule has 0 radical (unpaired) electrons. The smallest absolute Gasteiger partial charge is 0.325 e. The van der Waals surface area contributed by atoms with Crippen LogP contribution in [0.5, 0.6) is 0 Å². The predicted octanol–water partition coefficient (Wildman–Crippen LogP) is 3.26. The van der Waals surface area contributed by atoms with Gasteiger partial charge < -0.3 is 14.5 Å². The van der Waals surface area contributed by atoms with Crippen molar-refractivity contribution in [3.8, 4) is 11.5 Å². The number of halogens is 1. The van der Waals surface area contributed by atoms with Crippen LogP contribution >= 0.6 is 0 Å². The molecular weight excluding hydrogens is 351 g/mol. The van der Waals surface area contributed by atoms with Crippen molar-refractivity contribution in [2.24, 2.45) is 0 Å². The van der Waals surface area contributed by atoms with Crippen LogP contribution in [0.1, 0.15) is 21.8 Å². The van der Waals surface area contributed by atoms with Crippen LogP contribution in [-0.4, -0.2) is 23.4 Å². The molecule has 0 fully saturated rings. The standard InChI is InChI=1S/C20H17FN2O4/c1-13-17(23-20(27-13)14-6-3-2-4-7-14)12-26-18(24)11-22-19(25)15-8-5-9-16(21)10-15/h2-10H,11-12H2,1H3,(H,22,25). The Labute approximate surface area is 155 Å². The van der Waals surface area contributed by atoms with Crippen molar-refractivity contribution >= 4 is 11.9 Å². The van der Waals surface area contributed by atoms with E-state index in [0.717, 1.165) is 11.6 Å². The fourth-order valence-corrected chi connectivity index (χ4v) is 2.35. The van der Waals surface area contributed by atoms with E-state index in [2.05, 4.69) is 10.3 Å². The zero-order valence-electron chi connectivity index (χ0n) is 14.6. The average Bonchev–Trinajstić information content (AvgIpc) is 3.06. The number of rotatable bonds is 6. The second-order valence-electron chi connectivity index (χ2n) is 5.74. The SMILES string of the molecule is Cc1oc(-c2ccccc2)nc1COC(=O)CNC(=O)c1cccc(F)c1. The molecular formula is C20H17FN2O4. The number of hydrogen-bond donors (Lipinski definition) is 1. The van der Waals surface area contributed by atoms with Crippen molar-refractivity contribution in [3.63, 3.8) is 0 Å².